The number of rotatable bonds is 9. The van der Waals surface area contributed by atoms with Gasteiger partial charge in [0, 0.05) is 75.4 Å². The Kier molecular flexibility index (Phi) is 8.93. The fraction of sp³-hybridized carbons (Fsp3) is 0.486. The Morgan fingerprint density at radius 1 is 1.02 bits per heavy atom. The molecule has 2 aliphatic heterocycles. The summed E-state index contributed by atoms with van der Waals surface area (Å²) in [6.07, 6.45) is 6.65. The molecule has 0 radical (unpaired) electrons. The Balaban J connectivity index is 1.09. The molecule has 1 saturated carbocycles. The average Bonchev–Trinajstić information content (AvgIpc) is 3.76. The number of H-pyrrole nitrogens is 1. The van der Waals surface area contributed by atoms with Crippen LogP contribution in [-0.2, 0) is 16.1 Å². The van der Waals surface area contributed by atoms with Crippen LogP contribution in [0, 0.1) is 12.8 Å². The number of carbonyl (C=O) groups excluding carboxylic acids is 2. The predicted octanol–water partition coefficient (Wildman–Crippen LogP) is 4.77. The van der Waals surface area contributed by atoms with Crippen LogP contribution in [0.5, 0.6) is 5.75 Å². The Labute approximate surface area is 270 Å². The summed E-state index contributed by atoms with van der Waals surface area (Å²) < 4.78 is 6.25. The lowest BCUT2D eigenvalue weighted by Gasteiger charge is -2.38. The normalized spacial score (nSPS) is 18.8. The number of piperidine rings is 1. The quantitative estimate of drug-likeness (QED) is 0.350. The van der Waals surface area contributed by atoms with Gasteiger partial charge in [-0.25, -0.2) is 4.79 Å². The van der Waals surface area contributed by atoms with Gasteiger partial charge in [0.1, 0.15) is 5.75 Å². The number of aromatic amines is 1. The minimum absolute atomic E-state index is 0.0901. The van der Waals surface area contributed by atoms with E-state index in [1.807, 2.05) is 36.7 Å². The average molecular weight is 629 g/mol. The van der Waals surface area contributed by atoms with Gasteiger partial charge in [-0.1, -0.05) is 24.3 Å². The molecule has 2 aromatic carbocycles. The van der Waals surface area contributed by atoms with Crippen LogP contribution in [0.3, 0.4) is 0 Å². The summed E-state index contributed by atoms with van der Waals surface area (Å²) in [5.41, 5.74) is 4.35. The van der Waals surface area contributed by atoms with Crippen molar-refractivity contribution in [3.63, 3.8) is 0 Å². The van der Waals surface area contributed by atoms with E-state index in [9.17, 15) is 19.5 Å². The molecule has 244 valence electrons. The van der Waals surface area contributed by atoms with E-state index < -0.39 is 11.7 Å². The highest BCUT2D eigenvalue weighted by molar-refractivity contribution is 5.85. The smallest absolute Gasteiger partial charge is 0.407 e. The summed E-state index contributed by atoms with van der Waals surface area (Å²) >= 11 is 0. The first-order chi connectivity index (χ1) is 22.1. The van der Waals surface area contributed by atoms with Crippen molar-refractivity contribution in [2.24, 2.45) is 5.92 Å². The summed E-state index contributed by atoms with van der Waals surface area (Å²) in [4.78, 5) is 46.0. The topological polar surface area (TPSA) is 122 Å². The van der Waals surface area contributed by atoms with Crippen LogP contribution in [-0.4, -0.2) is 98.8 Å². The van der Waals surface area contributed by atoms with E-state index in [1.165, 1.54) is 10.5 Å². The third-order valence-electron chi connectivity index (χ3n) is 9.40. The number of hydrogen-bond donors (Lipinski definition) is 2. The van der Waals surface area contributed by atoms with E-state index in [-0.39, 0.29) is 30.8 Å². The van der Waals surface area contributed by atoms with Gasteiger partial charge in [0.15, 0.2) is 5.60 Å². The van der Waals surface area contributed by atoms with Crippen molar-refractivity contribution in [3.05, 3.63) is 66.0 Å². The van der Waals surface area contributed by atoms with Gasteiger partial charge in [0.2, 0.25) is 5.91 Å². The number of carbonyl (C=O) groups is 3. The summed E-state index contributed by atoms with van der Waals surface area (Å²) in [7, 11) is 0. The van der Waals surface area contributed by atoms with Crippen molar-refractivity contribution >= 4 is 23.6 Å². The fourth-order valence-electron chi connectivity index (χ4n) is 6.73. The minimum atomic E-state index is -1.12. The Morgan fingerprint density at radius 2 is 1.78 bits per heavy atom. The van der Waals surface area contributed by atoms with Gasteiger partial charge in [0.25, 0.3) is 5.91 Å². The lowest BCUT2D eigenvalue weighted by atomic mass is 9.95. The standard InChI is InChI=1S/C35H44N6O5/c1-24-18-25(9-12-31(24)27-20-36-37-21-27)22-41(28-10-11-28)32(42)26-6-5-13-40(23-26)29-7-4-8-30(19-29)46-35(2,3)33(43)38-14-16-39(17-15-38)34(44)45/h4,7-9,12,18-21,26,28H,5-6,10-11,13-17,22-23H2,1-3H3,(H,36,37)(H,44,45). The molecule has 1 aliphatic carbocycles. The second kappa shape index (κ2) is 13.1. The van der Waals surface area contributed by atoms with Crippen LogP contribution < -0.4 is 9.64 Å². The van der Waals surface area contributed by atoms with E-state index in [0.29, 0.717) is 38.0 Å². The molecule has 1 unspecified atom stereocenters. The second-order valence-electron chi connectivity index (χ2n) is 13.3. The van der Waals surface area contributed by atoms with Gasteiger partial charge in [-0.3, -0.25) is 14.7 Å². The summed E-state index contributed by atoms with van der Waals surface area (Å²) in [5, 5.41) is 16.2. The van der Waals surface area contributed by atoms with Gasteiger partial charge >= 0.3 is 6.09 Å². The van der Waals surface area contributed by atoms with Crippen molar-refractivity contribution < 1.29 is 24.2 Å². The zero-order valence-electron chi connectivity index (χ0n) is 26.9. The van der Waals surface area contributed by atoms with Crippen molar-refractivity contribution in [1.82, 2.24) is 24.9 Å². The highest BCUT2D eigenvalue weighted by Gasteiger charge is 2.38. The van der Waals surface area contributed by atoms with Gasteiger partial charge in [-0.2, -0.15) is 5.10 Å². The molecule has 2 saturated heterocycles. The molecule has 3 fully saturated rings. The maximum absolute atomic E-state index is 14.0. The van der Waals surface area contributed by atoms with E-state index in [2.05, 4.69) is 45.1 Å². The molecule has 11 heteroatoms. The molecule has 6 rings (SSSR count). The molecule has 1 atom stereocenters. The molecule has 3 heterocycles. The van der Waals surface area contributed by atoms with Crippen LogP contribution in [0.15, 0.2) is 54.9 Å². The molecule has 0 spiro atoms. The lowest BCUT2D eigenvalue weighted by molar-refractivity contribution is -0.147. The van der Waals surface area contributed by atoms with Crippen LogP contribution >= 0.6 is 0 Å². The molecule has 46 heavy (non-hydrogen) atoms. The first-order valence-corrected chi connectivity index (χ1v) is 16.3. The van der Waals surface area contributed by atoms with Crippen molar-refractivity contribution in [2.75, 3.05) is 44.2 Å². The molecule has 3 amide bonds. The maximum Gasteiger partial charge on any atom is 0.407 e. The van der Waals surface area contributed by atoms with Crippen molar-refractivity contribution in [2.45, 2.75) is 64.6 Å². The molecular formula is C35H44N6O5. The minimum Gasteiger partial charge on any atom is -0.478 e. The third-order valence-corrected chi connectivity index (χ3v) is 9.40. The van der Waals surface area contributed by atoms with Crippen LogP contribution in [0.4, 0.5) is 10.5 Å². The number of aryl methyl sites for hydroxylation is 1. The number of benzene rings is 2. The molecule has 3 aromatic rings. The number of amides is 3. The lowest BCUT2D eigenvalue weighted by Crippen LogP contribution is -2.56. The number of anilines is 1. The van der Waals surface area contributed by atoms with E-state index >= 15 is 0 Å². The monoisotopic (exact) mass is 628 g/mol. The number of nitrogens with zero attached hydrogens (tertiary/aromatic N) is 5. The SMILES string of the molecule is Cc1cc(CN(C(=O)C2CCCN(c3cccc(OC(C)(C)C(=O)N4CCN(C(=O)O)CC4)c3)C2)C2CC2)ccc1-c1cn[nH]c1. The third kappa shape index (κ3) is 6.98. The largest absolute Gasteiger partial charge is 0.478 e. The summed E-state index contributed by atoms with van der Waals surface area (Å²) in [6.45, 7) is 8.97. The highest BCUT2D eigenvalue weighted by atomic mass is 16.5. The van der Waals surface area contributed by atoms with Crippen LogP contribution in [0.25, 0.3) is 11.1 Å². The summed E-state index contributed by atoms with van der Waals surface area (Å²) in [6, 6.07) is 14.5. The Morgan fingerprint density at radius 3 is 2.46 bits per heavy atom. The van der Waals surface area contributed by atoms with Gasteiger partial charge in [-0.05, 0) is 75.3 Å². The molecule has 1 aromatic heterocycles. The zero-order chi connectivity index (χ0) is 32.4. The first-order valence-electron chi connectivity index (χ1n) is 16.3. The molecule has 11 nitrogen and oxygen atoms in total. The van der Waals surface area contributed by atoms with Crippen LogP contribution in [0.2, 0.25) is 0 Å². The molecule has 3 aliphatic rings. The number of aromatic nitrogens is 2. The Bertz CT molecular complexity index is 1560. The van der Waals surface area contributed by atoms with E-state index in [4.69, 9.17) is 4.74 Å². The maximum atomic E-state index is 14.0. The van der Waals surface area contributed by atoms with Crippen molar-refractivity contribution in [1.29, 1.82) is 0 Å². The van der Waals surface area contributed by atoms with Gasteiger partial charge in [-0.15, -0.1) is 0 Å². The van der Waals surface area contributed by atoms with Crippen molar-refractivity contribution in [3.8, 4) is 16.9 Å². The molecular weight excluding hydrogens is 584 g/mol. The van der Waals surface area contributed by atoms with Crippen LogP contribution in [0.1, 0.15) is 50.7 Å². The van der Waals surface area contributed by atoms with Gasteiger partial charge in [0.05, 0.1) is 12.1 Å². The van der Waals surface area contributed by atoms with Gasteiger partial charge < -0.3 is 29.4 Å². The fourth-order valence-corrected chi connectivity index (χ4v) is 6.73. The first kappa shape index (κ1) is 31.4. The highest BCUT2D eigenvalue weighted by Crippen LogP contribution is 2.34. The predicted molar refractivity (Wildman–Crippen MR) is 175 cm³/mol. The molecule has 0 bridgehead atoms. The number of piperazine rings is 1. The molecule has 2 N–H and O–H groups in total. The summed E-state index contributed by atoms with van der Waals surface area (Å²) in [5.74, 6) is 0.555. The zero-order valence-corrected chi connectivity index (χ0v) is 26.9. The van der Waals surface area contributed by atoms with E-state index in [1.54, 1.807) is 18.7 Å². The number of ether oxygens (including phenoxy) is 1. The Hall–Kier alpha value is -4.54. The number of hydrogen-bond acceptors (Lipinski definition) is 6. The second-order valence-corrected chi connectivity index (χ2v) is 13.3. The number of nitrogens with one attached hydrogen (secondary N) is 1. The number of carboxylic acid groups (broad SMARTS) is 1. The van der Waals surface area contributed by atoms with E-state index in [0.717, 1.165) is 54.6 Å².